The molecule has 0 radical (unpaired) electrons. The van der Waals surface area contributed by atoms with Crippen LogP contribution in [0.3, 0.4) is 0 Å². The lowest BCUT2D eigenvalue weighted by Crippen LogP contribution is -2.12. The Hall–Kier alpha value is -2.66. The van der Waals surface area contributed by atoms with E-state index in [1.165, 1.54) is 28.0 Å². The summed E-state index contributed by atoms with van der Waals surface area (Å²) >= 11 is 1.45. The molecule has 3 rings (SSSR count). The Balaban J connectivity index is 1.48. The molecule has 0 spiro atoms. The molecule has 0 fully saturated rings. The summed E-state index contributed by atoms with van der Waals surface area (Å²) in [4.78, 5) is 16.7. The van der Waals surface area contributed by atoms with E-state index in [0.29, 0.717) is 24.6 Å². The van der Waals surface area contributed by atoms with E-state index in [2.05, 4.69) is 42.3 Å². The van der Waals surface area contributed by atoms with Gasteiger partial charge in [0.1, 0.15) is 5.75 Å². The summed E-state index contributed by atoms with van der Waals surface area (Å²) in [5, 5.41) is 5.50. The fourth-order valence-electron chi connectivity index (χ4n) is 2.71. The third-order valence-electron chi connectivity index (χ3n) is 4.26. The summed E-state index contributed by atoms with van der Waals surface area (Å²) in [6.07, 6.45) is 1.07. The fourth-order valence-corrected chi connectivity index (χ4v) is 3.43. The zero-order valence-corrected chi connectivity index (χ0v) is 16.7. The van der Waals surface area contributed by atoms with Crippen LogP contribution in [0, 0.1) is 20.8 Å². The Morgan fingerprint density at radius 1 is 1.07 bits per heavy atom. The number of carbonyl (C=O) groups excluding carboxylic acids is 1. The van der Waals surface area contributed by atoms with Crippen molar-refractivity contribution in [2.75, 3.05) is 11.9 Å². The first kappa shape index (κ1) is 19.1. The SMILES string of the molecule is Cc1ccc(OCCCC(=O)Nc2nc(-c3cc(C)ccc3C)cs2)cc1. The van der Waals surface area contributed by atoms with Crippen LogP contribution in [-0.2, 0) is 4.79 Å². The topological polar surface area (TPSA) is 51.2 Å². The van der Waals surface area contributed by atoms with Gasteiger partial charge in [-0.15, -0.1) is 11.3 Å². The molecule has 0 unspecified atom stereocenters. The number of anilines is 1. The predicted molar refractivity (Wildman–Crippen MR) is 112 cm³/mol. The second-order valence-electron chi connectivity index (χ2n) is 6.67. The summed E-state index contributed by atoms with van der Waals surface area (Å²) in [5.74, 6) is 0.795. The summed E-state index contributed by atoms with van der Waals surface area (Å²) in [6, 6.07) is 14.2. The highest BCUT2D eigenvalue weighted by Gasteiger charge is 2.10. The molecule has 1 heterocycles. The summed E-state index contributed by atoms with van der Waals surface area (Å²) in [5.41, 5.74) is 5.59. The lowest BCUT2D eigenvalue weighted by Gasteiger charge is -2.06. The predicted octanol–water partition coefficient (Wildman–Crippen LogP) is 5.53. The van der Waals surface area contributed by atoms with Crippen LogP contribution in [-0.4, -0.2) is 17.5 Å². The van der Waals surface area contributed by atoms with Crippen molar-refractivity contribution in [2.45, 2.75) is 33.6 Å². The Kier molecular flexibility index (Phi) is 6.24. The van der Waals surface area contributed by atoms with Gasteiger partial charge >= 0.3 is 0 Å². The van der Waals surface area contributed by atoms with Gasteiger partial charge in [-0.05, 0) is 51.0 Å². The minimum atomic E-state index is -0.0376. The van der Waals surface area contributed by atoms with Gasteiger partial charge in [-0.2, -0.15) is 0 Å². The van der Waals surface area contributed by atoms with Crippen molar-refractivity contribution in [3.8, 4) is 17.0 Å². The monoisotopic (exact) mass is 380 g/mol. The molecular weight excluding hydrogens is 356 g/mol. The number of rotatable bonds is 7. The van der Waals surface area contributed by atoms with Gasteiger partial charge in [-0.1, -0.05) is 35.4 Å². The molecule has 3 aromatic rings. The van der Waals surface area contributed by atoms with Crippen LogP contribution in [0.5, 0.6) is 5.75 Å². The van der Waals surface area contributed by atoms with Crippen molar-refractivity contribution in [3.63, 3.8) is 0 Å². The molecule has 1 amide bonds. The van der Waals surface area contributed by atoms with Crippen LogP contribution in [0.2, 0.25) is 0 Å². The van der Waals surface area contributed by atoms with Gasteiger partial charge in [0.05, 0.1) is 12.3 Å². The summed E-state index contributed by atoms with van der Waals surface area (Å²) in [7, 11) is 0. The molecule has 0 aliphatic carbocycles. The molecule has 0 saturated heterocycles. The van der Waals surface area contributed by atoms with E-state index in [-0.39, 0.29) is 5.91 Å². The van der Waals surface area contributed by atoms with Crippen LogP contribution in [0.1, 0.15) is 29.5 Å². The summed E-state index contributed by atoms with van der Waals surface area (Å²) < 4.78 is 5.65. The standard InChI is InChI=1S/C22H24N2O2S/c1-15-7-10-18(11-8-15)26-12-4-5-21(25)24-22-23-20(14-27-22)19-13-16(2)6-9-17(19)3/h6-11,13-14H,4-5,12H2,1-3H3,(H,23,24,25). The van der Waals surface area contributed by atoms with Crippen molar-refractivity contribution in [1.82, 2.24) is 4.98 Å². The number of ether oxygens (including phenoxy) is 1. The van der Waals surface area contributed by atoms with Crippen molar-refractivity contribution < 1.29 is 9.53 Å². The number of nitrogens with zero attached hydrogens (tertiary/aromatic N) is 1. The van der Waals surface area contributed by atoms with Crippen molar-refractivity contribution in [2.24, 2.45) is 0 Å². The average molecular weight is 381 g/mol. The van der Waals surface area contributed by atoms with E-state index in [1.807, 2.05) is 36.6 Å². The third kappa shape index (κ3) is 5.41. The van der Waals surface area contributed by atoms with Gasteiger partial charge in [-0.3, -0.25) is 4.79 Å². The molecule has 5 heteroatoms. The zero-order chi connectivity index (χ0) is 19.2. The molecule has 27 heavy (non-hydrogen) atoms. The van der Waals surface area contributed by atoms with Crippen LogP contribution >= 0.6 is 11.3 Å². The van der Waals surface area contributed by atoms with Crippen LogP contribution in [0.4, 0.5) is 5.13 Å². The van der Waals surface area contributed by atoms with E-state index in [0.717, 1.165) is 17.0 Å². The number of hydrogen-bond acceptors (Lipinski definition) is 4. The molecule has 2 aromatic carbocycles. The van der Waals surface area contributed by atoms with E-state index in [4.69, 9.17) is 4.74 Å². The van der Waals surface area contributed by atoms with E-state index < -0.39 is 0 Å². The lowest BCUT2D eigenvalue weighted by molar-refractivity contribution is -0.116. The van der Waals surface area contributed by atoms with Crippen molar-refractivity contribution in [3.05, 3.63) is 64.5 Å². The number of amides is 1. The minimum absolute atomic E-state index is 0.0376. The molecule has 0 aliphatic rings. The largest absolute Gasteiger partial charge is 0.494 e. The molecule has 1 N–H and O–H groups in total. The smallest absolute Gasteiger partial charge is 0.226 e. The van der Waals surface area contributed by atoms with Gasteiger partial charge in [-0.25, -0.2) is 4.98 Å². The lowest BCUT2D eigenvalue weighted by atomic mass is 10.0. The Morgan fingerprint density at radius 3 is 2.59 bits per heavy atom. The molecule has 4 nitrogen and oxygen atoms in total. The number of thiazole rings is 1. The quantitative estimate of drug-likeness (QED) is 0.548. The number of aryl methyl sites for hydroxylation is 3. The molecular formula is C22H24N2O2S. The zero-order valence-electron chi connectivity index (χ0n) is 15.9. The maximum absolute atomic E-state index is 12.1. The van der Waals surface area contributed by atoms with Crippen molar-refractivity contribution in [1.29, 1.82) is 0 Å². The molecule has 0 saturated carbocycles. The highest BCUT2D eigenvalue weighted by atomic mass is 32.1. The maximum atomic E-state index is 12.1. The summed E-state index contributed by atoms with van der Waals surface area (Å²) in [6.45, 7) is 6.69. The third-order valence-corrected chi connectivity index (χ3v) is 5.02. The van der Waals surface area contributed by atoms with Crippen LogP contribution in [0.15, 0.2) is 47.8 Å². The number of benzene rings is 2. The first-order valence-electron chi connectivity index (χ1n) is 9.04. The maximum Gasteiger partial charge on any atom is 0.226 e. The van der Waals surface area contributed by atoms with Crippen molar-refractivity contribution >= 4 is 22.4 Å². The van der Waals surface area contributed by atoms with E-state index >= 15 is 0 Å². The molecule has 0 aliphatic heterocycles. The second-order valence-corrected chi connectivity index (χ2v) is 7.53. The number of aromatic nitrogens is 1. The highest BCUT2D eigenvalue weighted by molar-refractivity contribution is 7.14. The van der Waals surface area contributed by atoms with E-state index in [9.17, 15) is 4.79 Å². The Labute approximate surface area is 164 Å². The first-order chi connectivity index (χ1) is 13.0. The Bertz CT molecular complexity index is 916. The molecule has 0 atom stereocenters. The normalized spacial score (nSPS) is 10.6. The van der Waals surface area contributed by atoms with Gasteiger partial charge in [0, 0.05) is 17.4 Å². The molecule has 0 bridgehead atoms. The highest BCUT2D eigenvalue weighted by Crippen LogP contribution is 2.28. The average Bonchev–Trinajstić information content (AvgIpc) is 3.10. The Morgan fingerprint density at radius 2 is 1.81 bits per heavy atom. The molecule has 140 valence electrons. The number of hydrogen-bond donors (Lipinski definition) is 1. The number of nitrogens with one attached hydrogen (secondary N) is 1. The van der Waals surface area contributed by atoms with Crippen LogP contribution < -0.4 is 10.1 Å². The van der Waals surface area contributed by atoms with Gasteiger partial charge in [0.2, 0.25) is 5.91 Å². The fraction of sp³-hybridized carbons (Fsp3) is 0.273. The van der Waals surface area contributed by atoms with Gasteiger partial charge in [0.15, 0.2) is 5.13 Å². The van der Waals surface area contributed by atoms with Gasteiger partial charge < -0.3 is 10.1 Å². The molecule has 1 aromatic heterocycles. The number of carbonyl (C=O) groups is 1. The van der Waals surface area contributed by atoms with Gasteiger partial charge in [0.25, 0.3) is 0 Å². The minimum Gasteiger partial charge on any atom is -0.494 e. The van der Waals surface area contributed by atoms with E-state index in [1.54, 1.807) is 0 Å². The first-order valence-corrected chi connectivity index (χ1v) is 9.92. The second kappa shape index (κ2) is 8.82. The van der Waals surface area contributed by atoms with Crippen LogP contribution in [0.25, 0.3) is 11.3 Å².